The van der Waals surface area contributed by atoms with E-state index in [9.17, 15) is 8.42 Å². The average molecular weight is 327 g/mol. The van der Waals surface area contributed by atoms with Crippen molar-refractivity contribution < 1.29 is 8.42 Å². The first-order valence-electron chi connectivity index (χ1n) is 5.18. The lowest BCUT2D eigenvalue weighted by molar-refractivity contribution is 0.601. The summed E-state index contributed by atoms with van der Waals surface area (Å²) in [5.74, 6) is 0. The third-order valence-electron chi connectivity index (χ3n) is 2.46. The van der Waals surface area contributed by atoms with Crippen LogP contribution in [0.4, 0.5) is 5.69 Å². The summed E-state index contributed by atoms with van der Waals surface area (Å²) >= 11 is 3.36. The molecule has 0 saturated carbocycles. The molecular formula is C12H11BrN2O2S. The van der Waals surface area contributed by atoms with Gasteiger partial charge in [0.1, 0.15) is 4.90 Å². The molecule has 0 atom stereocenters. The molecule has 1 N–H and O–H groups in total. The van der Waals surface area contributed by atoms with E-state index in [-0.39, 0.29) is 4.90 Å². The zero-order valence-electron chi connectivity index (χ0n) is 9.59. The molecule has 0 radical (unpaired) electrons. The second-order valence-corrected chi connectivity index (χ2v) is 6.24. The molecule has 94 valence electrons. The van der Waals surface area contributed by atoms with Gasteiger partial charge in [-0.1, -0.05) is 22.0 Å². The summed E-state index contributed by atoms with van der Waals surface area (Å²) < 4.78 is 27.6. The van der Waals surface area contributed by atoms with E-state index in [1.807, 2.05) is 13.0 Å². The number of rotatable bonds is 3. The quantitative estimate of drug-likeness (QED) is 0.943. The molecule has 0 spiro atoms. The van der Waals surface area contributed by atoms with Crippen LogP contribution in [0.25, 0.3) is 0 Å². The molecule has 0 fully saturated rings. The summed E-state index contributed by atoms with van der Waals surface area (Å²) in [5.41, 5.74) is 1.39. The fourth-order valence-electron chi connectivity index (χ4n) is 1.43. The van der Waals surface area contributed by atoms with Crippen LogP contribution in [0.3, 0.4) is 0 Å². The summed E-state index contributed by atoms with van der Waals surface area (Å²) in [7, 11) is -3.59. The maximum absolute atomic E-state index is 12.1. The van der Waals surface area contributed by atoms with Crippen molar-refractivity contribution in [2.75, 3.05) is 4.72 Å². The number of sulfonamides is 1. The molecule has 0 aliphatic carbocycles. The topological polar surface area (TPSA) is 59.1 Å². The number of hydrogen-bond acceptors (Lipinski definition) is 3. The van der Waals surface area contributed by atoms with Crippen molar-refractivity contribution in [3.8, 4) is 0 Å². The summed E-state index contributed by atoms with van der Waals surface area (Å²) in [6.07, 6.45) is 2.85. The summed E-state index contributed by atoms with van der Waals surface area (Å²) in [6, 6.07) is 8.44. The van der Waals surface area contributed by atoms with Crippen molar-refractivity contribution in [1.29, 1.82) is 0 Å². The third-order valence-corrected chi connectivity index (χ3v) is 4.67. The van der Waals surface area contributed by atoms with Crippen molar-refractivity contribution in [2.45, 2.75) is 11.8 Å². The smallest absolute Gasteiger partial charge is 0.263 e. The first-order valence-corrected chi connectivity index (χ1v) is 7.46. The Morgan fingerprint density at radius 1 is 1.22 bits per heavy atom. The lowest BCUT2D eigenvalue weighted by Crippen LogP contribution is -2.13. The highest BCUT2D eigenvalue weighted by Crippen LogP contribution is 2.25. The van der Waals surface area contributed by atoms with Gasteiger partial charge in [-0.3, -0.25) is 9.71 Å². The predicted molar refractivity (Wildman–Crippen MR) is 73.9 cm³/mol. The second-order valence-electron chi connectivity index (χ2n) is 3.71. The van der Waals surface area contributed by atoms with Crippen LogP contribution in [0.5, 0.6) is 0 Å². The molecule has 1 aromatic heterocycles. The highest BCUT2D eigenvalue weighted by molar-refractivity contribution is 9.10. The third kappa shape index (κ3) is 2.70. The van der Waals surface area contributed by atoms with Gasteiger partial charge >= 0.3 is 0 Å². The van der Waals surface area contributed by atoms with Gasteiger partial charge in [0, 0.05) is 16.9 Å². The van der Waals surface area contributed by atoms with Crippen molar-refractivity contribution >= 4 is 31.6 Å². The molecule has 0 bridgehead atoms. The molecule has 0 saturated heterocycles. The maximum Gasteiger partial charge on any atom is 0.263 e. The second kappa shape index (κ2) is 5.07. The highest BCUT2D eigenvalue weighted by Gasteiger charge is 2.15. The van der Waals surface area contributed by atoms with Crippen molar-refractivity contribution in [3.05, 3.63) is 52.8 Å². The molecule has 0 amide bonds. The van der Waals surface area contributed by atoms with Gasteiger partial charge in [-0.25, -0.2) is 8.42 Å². The van der Waals surface area contributed by atoms with Gasteiger partial charge in [0.15, 0.2) is 0 Å². The minimum absolute atomic E-state index is 0.143. The van der Waals surface area contributed by atoms with Crippen LogP contribution in [0.2, 0.25) is 0 Å². The van der Waals surface area contributed by atoms with E-state index < -0.39 is 10.0 Å². The van der Waals surface area contributed by atoms with Crippen LogP contribution in [-0.4, -0.2) is 13.4 Å². The number of pyridine rings is 1. The fourth-order valence-corrected chi connectivity index (χ4v) is 2.88. The fraction of sp³-hybridized carbons (Fsp3) is 0.0833. The van der Waals surface area contributed by atoms with E-state index in [1.165, 1.54) is 18.5 Å². The lowest BCUT2D eigenvalue weighted by atomic mass is 10.2. The monoisotopic (exact) mass is 326 g/mol. The van der Waals surface area contributed by atoms with Crippen LogP contribution in [0, 0.1) is 6.92 Å². The first-order chi connectivity index (χ1) is 8.50. The molecule has 2 aromatic rings. The van der Waals surface area contributed by atoms with Gasteiger partial charge in [0.05, 0.1) is 5.69 Å². The Balaban J connectivity index is 2.37. The van der Waals surface area contributed by atoms with Crippen LogP contribution >= 0.6 is 15.9 Å². The predicted octanol–water partition coefficient (Wildman–Crippen LogP) is 2.95. The molecular weight excluding hydrogens is 316 g/mol. The Morgan fingerprint density at radius 2 is 2.00 bits per heavy atom. The van der Waals surface area contributed by atoms with E-state index in [0.717, 1.165) is 10.0 Å². The molecule has 18 heavy (non-hydrogen) atoms. The first kappa shape index (κ1) is 13.0. The largest absolute Gasteiger partial charge is 0.279 e. The normalized spacial score (nSPS) is 11.2. The highest BCUT2D eigenvalue weighted by atomic mass is 79.9. The molecule has 2 rings (SSSR count). The van der Waals surface area contributed by atoms with Crippen molar-refractivity contribution in [3.63, 3.8) is 0 Å². The number of halogens is 1. The number of benzene rings is 1. The standard InChI is InChI=1S/C12H11BrN2O2S/c1-9-11(13)5-2-6-12(9)15-18(16,17)10-4-3-7-14-8-10/h2-8,15H,1H3. The average Bonchev–Trinajstić information content (AvgIpc) is 2.36. The Kier molecular flexibility index (Phi) is 3.68. The Hall–Kier alpha value is -1.40. The van der Waals surface area contributed by atoms with E-state index >= 15 is 0 Å². The number of hydrogen-bond donors (Lipinski definition) is 1. The van der Waals surface area contributed by atoms with Crippen LogP contribution in [0.1, 0.15) is 5.56 Å². The number of nitrogens with one attached hydrogen (secondary N) is 1. The summed E-state index contributed by atoms with van der Waals surface area (Å²) in [5, 5.41) is 0. The number of anilines is 1. The molecule has 0 aliphatic heterocycles. The van der Waals surface area contributed by atoms with Gasteiger partial charge in [-0.15, -0.1) is 0 Å². The molecule has 0 unspecified atom stereocenters. The van der Waals surface area contributed by atoms with Gasteiger partial charge in [-0.05, 0) is 36.8 Å². The Morgan fingerprint density at radius 3 is 2.67 bits per heavy atom. The van der Waals surface area contributed by atoms with E-state index in [1.54, 1.807) is 18.2 Å². The molecule has 1 heterocycles. The van der Waals surface area contributed by atoms with Crippen LogP contribution in [0.15, 0.2) is 52.1 Å². The van der Waals surface area contributed by atoms with Gasteiger partial charge in [0.2, 0.25) is 0 Å². The van der Waals surface area contributed by atoms with Crippen molar-refractivity contribution in [2.24, 2.45) is 0 Å². The zero-order valence-corrected chi connectivity index (χ0v) is 12.0. The minimum Gasteiger partial charge on any atom is -0.279 e. The van der Waals surface area contributed by atoms with E-state index in [4.69, 9.17) is 0 Å². The SMILES string of the molecule is Cc1c(Br)cccc1NS(=O)(=O)c1cccnc1. The molecule has 0 aliphatic rings. The van der Waals surface area contributed by atoms with E-state index in [0.29, 0.717) is 5.69 Å². The minimum atomic E-state index is -3.59. The molecule has 1 aromatic carbocycles. The van der Waals surface area contributed by atoms with Crippen molar-refractivity contribution in [1.82, 2.24) is 4.98 Å². The Bertz CT molecular complexity index is 657. The Labute approximate surface area is 114 Å². The van der Waals surface area contributed by atoms with E-state index in [2.05, 4.69) is 25.6 Å². The zero-order chi connectivity index (χ0) is 13.2. The lowest BCUT2D eigenvalue weighted by Gasteiger charge is -2.11. The summed E-state index contributed by atoms with van der Waals surface area (Å²) in [6.45, 7) is 1.84. The van der Waals surface area contributed by atoms with Crippen LogP contribution in [-0.2, 0) is 10.0 Å². The van der Waals surface area contributed by atoms with Gasteiger partial charge in [0.25, 0.3) is 10.0 Å². The summed E-state index contributed by atoms with van der Waals surface area (Å²) in [4.78, 5) is 3.95. The number of aromatic nitrogens is 1. The molecule has 6 heteroatoms. The van der Waals surface area contributed by atoms with Crippen LogP contribution < -0.4 is 4.72 Å². The van der Waals surface area contributed by atoms with Gasteiger partial charge < -0.3 is 0 Å². The van der Waals surface area contributed by atoms with Gasteiger partial charge in [-0.2, -0.15) is 0 Å². The maximum atomic E-state index is 12.1. The number of nitrogens with zero attached hydrogens (tertiary/aromatic N) is 1. The molecule has 4 nitrogen and oxygen atoms in total.